The molecule has 6 nitrogen and oxygen atoms in total. The lowest BCUT2D eigenvalue weighted by Crippen LogP contribution is -2.32. The second-order valence-corrected chi connectivity index (χ2v) is 6.88. The van der Waals surface area contributed by atoms with Crippen LogP contribution in [0.25, 0.3) is 0 Å². The molecule has 7 heteroatoms. The lowest BCUT2D eigenvalue weighted by molar-refractivity contribution is 0.387. The molecule has 0 atom stereocenters. The van der Waals surface area contributed by atoms with Crippen LogP contribution in [0.15, 0.2) is 91.0 Å². The van der Waals surface area contributed by atoms with E-state index in [0.717, 1.165) is 11.4 Å². The van der Waals surface area contributed by atoms with Crippen molar-refractivity contribution >= 4 is 30.2 Å². The topological polar surface area (TPSA) is 111 Å². The molecule has 3 rings (SSSR count). The molecule has 0 spiro atoms. The summed E-state index contributed by atoms with van der Waals surface area (Å²) in [6, 6.07) is 27.0. The van der Waals surface area contributed by atoms with Crippen molar-refractivity contribution < 1.29 is 14.4 Å². The Hall–Kier alpha value is -2.92. The second-order valence-electron chi connectivity index (χ2n) is 5.27. The third-order valence-electron chi connectivity index (χ3n) is 3.36. The molecule has 0 aliphatic rings. The minimum atomic E-state index is -4.02. The van der Waals surface area contributed by atoms with Crippen molar-refractivity contribution in [1.82, 2.24) is 0 Å². The Morgan fingerprint density at radius 2 is 1.12 bits per heavy atom. The van der Waals surface area contributed by atoms with E-state index in [0.29, 0.717) is 0 Å². The van der Waals surface area contributed by atoms with Crippen molar-refractivity contribution in [1.29, 1.82) is 5.41 Å². The maximum absolute atomic E-state index is 10.5. The van der Waals surface area contributed by atoms with E-state index in [-0.39, 0.29) is 11.3 Å². The smallest absolute Gasteiger partial charge is 0.356 e. The summed E-state index contributed by atoms with van der Waals surface area (Å²) in [4.78, 5) is 18.9. The summed E-state index contributed by atoms with van der Waals surface area (Å²) in [6.45, 7) is 0. The number of nitrogens with one attached hydrogen (secondary N) is 1. The van der Waals surface area contributed by atoms with Gasteiger partial charge in [0.2, 0.25) is 0 Å². The molecule has 0 saturated carbocycles. The zero-order chi connectivity index (χ0) is 19.0. The maximum Gasteiger partial charge on any atom is 0.356 e. The third kappa shape index (κ3) is 5.57. The van der Waals surface area contributed by atoms with Crippen molar-refractivity contribution in [2.45, 2.75) is 0 Å². The van der Waals surface area contributed by atoms with E-state index in [1.807, 2.05) is 60.7 Å². The van der Waals surface area contributed by atoms with Crippen LogP contribution >= 0.6 is 7.60 Å². The Labute approximate surface area is 152 Å². The average molecular weight is 369 g/mol. The zero-order valence-corrected chi connectivity index (χ0v) is 14.8. The Morgan fingerprint density at radius 1 is 0.769 bits per heavy atom. The molecule has 3 aromatic rings. The van der Waals surface area contributed by atoms with Crippen LogP contribution in [0.3, 0.4) is 0 Å². The molecule has 0 heterocycles. The van der Waals surface area contributed by atoms with Crippen LogP contribution in [0, 0.1) is 5.41 Å². The van der Waals surface area contributed by atoms with Gasteiger partial charge in [-0.25, -0.2) is 0 Å². The van der Waals surface area contributed by atoms with Crippen LogP contribution < -0.4 is 15.9 Å². The summed E-state index contributed by atoms with van der Waals surface area (Å²) in [5.74, 6) is 0.0115. The van der Waals surface area contributed by atoms with Gasteiger partial charge in [0.15, 0.2) is 5.96 Å². The molecule has 0 radical (unpaired) electrons. The lowest BCUT2D eigenvalue weighted by atomic mass is 10.2. The molecule has 3 aromatic carbocycles. The summed E-state index contributed by atoms with van der Waals surface area (Å²) in [6.07, 6.45) is 0. The van der Waals surface area contributed by atoms with Gasteiger partial charge in [-0.05, 0) is 36.4 Å². The van der Waals surface area contributed by atoms with E-state index in [1.54, 1.807) is 23.1 Å². The van der Waals surface area contributed by atoms with Crippen molar-refractivity contribution in [2.24, 2.45) is 5.73 Å². The summed E-state index contributed by atoms with van der Waals surface area (Å²) in [5.41, 5.74) is 7.39. The molecule has 0 amide bonds. The van der Waals surface area contributed by atoms with Gasteiger partial charge in [0.25, 0.3) is 0 Å². The SMILES string of the molecule is N=C(N)N(c1ccccc1)c1ccccc1.O=P(O)(O)c1ccccc1. The third-order valence-corrected chi connectivity index (χ3v) is 4.33. The molecule has 0 aliphatic carbocycles. The number of anilines is 2. The van der Waals surface area contributed by atoms with Gasteiger partial charge in [0, 0.05) is 11.4 Å². The molecule has 0 unspecified atom stereocenters. The molecule has 26 heavy (non-hydrogen) atoms. The Balaban J connectivity index is 0.000000209. The number of guanidine groups is 1. The van der Waals surface area contributed by atoms with Gasteiger partial charge in [-0.2, -0.15) is 0 Å². The molecule has 134 valence electrons. The molecule has 0 saturated heterocycles. The van der Waals surface area contributed by atoms with E-state index in [9.17, 15) is 4.57 Å². The Morgan fingerprint density at radius 3 is 1.38 bits per heavy atom. The first kappa shape index (κ1) is 19.4. The molecule has 0 aromatic heterocycles. The maximum atomic E-state index is 10.5. The fraction of sp³-hybridized carbons (Fsp3) is 0. The molecule has 5 N–H and O–H groups in total. The monoisotopic (exact) mass is 369 g/mol. The van der Waals surface area contributed by atoms with Gasteiger partial charge in [0.05, 0.1) is 5.30 Å². The number of hydrogen-bond acceptors (Lipinski definition) is 2. The predicted molar refractivity (Wildman–Crippen MR) is 105 cm³/mol. The minimum absolute atomic E-state index is 0.0115. The van der Waals surface area contributed by atoms with Crippen molar-refractivity contribution in [3.8, 4) is 0 Å². The number of para-hydroxylation sites is 2. The zero-order valence-electron chi connectivity index (χ0n) is 13.9. The minimum Gasteiger partial charge on any atom is -0.369 e. The molecular formula is C19H20N3O3P. The van der Waals surface area contributed by atoms with Crippen LogP contribution in [-0.4, -0.2) is 15.7 Å². The highest BCUT2D eigenvalue weighted by atomic mass is 31.2. The molecule has 0 aliphatic heterocycles. The van der Waals surface area contributed by atoms with Gasteiger partial charge in [-0.3, -0.25) is 14.9 Å². The van der Waals surface area contributed by atoms with Gasteiger partial charge in [0.1, 0.15) is 0 Å². The number of rotatable bonds is 3. The predicted octanol–water partition coefficient (Wildman–Crippen LogP) is 3.21. The number of nitrogens with zero attached hydrogens (tertiary/aromatic N) is 1. The van der Waals surface area contributed by atoms with Crippen molar-refractivity contribution in [2.75, 3.05) is 4.90 Å². The first-order valence-electron chi connectivity index (χ1n) is 7.75. The van der Waals surface area contributed by atoms with Crippen LogP contribution in [0.2, 0.25) is 0 Å². The van der Waals surface area contributed by atoms with E-state index in [4.69, 9.17) is 20.9 Å². The van der Waals surface area contributed by atoms with E-state index < -0.39 is 7.60 Å². The number of benzene rings is 3. The molecule has 0 fully saturated rings. The number of hydrogen-bond donors (Lipinski definition) is 4. The van der Waals surface area contributed by atoms with E-state index in [2.05, 4.69) is 0 Å². The van der Waals surface area contributed by atoms with E-state index >= 15 is 0 Å². The van der Waals surface area contributed by atoms with Crippen LogP contribution in [0.1, 0.15) is 0 Å². The van der Waals surface area contributed by atoms with Gasteiger partial charge in [-0.1, -0.05) is 54.6 Å². The quantitative estimate of drug-likeness (QED) is 0.322. The first-order valence-corrected chi connectivity index (χ1v) is 9.36. The van der Waals surface area contributed by atoms with Crippen LogP contribution in [0.5, 0.6) is 0 Å². The van der Waals surface area contributed by atoms with Crippen LogP contribution in [-0.2, 0) is 4.57 Å². The Bertz CT molecular complexity index is 829. The van der Waals surface area contributed by atoms with Gasteiger partial charge in [-0.15, -0.1) is 0 Å². The molecule has 0 bridgehead atoms. The van der Waals surface area contributed by atoms with Crippen molar-refractivity contribution in [3.63, 3.8) is 0 Å². The van der Waals surface area contributed by atoms with Gasteiger partial charge < -0.3 is 15.5 Å². The summed E-state index contributed by atoms with van der Waals surface area (Å²) < 4.78 is 10.5. The lowest BCUT2D eigenvalue weighted by Gasteiger charge is -2.22. The Kier molecular flexibility index (Phi) is 6.69. The first-order chi connectivity index (χ1) is 12.4. The van der Waals surface area contributed by atoms with E-state index in [1.165, 1.54) is 12.1 Å². The largest absolute Gasteiger partial charge is 0.369 e. The summed E-state index contributed by atoms with van der Waals surface area (Å²) >= 11 is 0. The summed E-state index contributed by atoms with van der Waals surface area (Å²) in [5, 5.41) is 7.70. The fourth-order valence-electron chi connectivity index (χ4n) is 2.20. The summed E-state index contributed by atoms with van der Waals surface area (Å²) in [7, 11) is -4.02. The van der Waals surface area contributed by atoms with Crippen molar-refractivity contribution in [3.05, 3.63) is 91.0 Å². The van der Waals surface area contributed by atoms with Crippen LogP contribution in [0.4, 0.5) is 11.4 Å². The van der Waals surface area contributed by atoms with Gasteiger partial charge >= 0.3 is 7.60 Å². The fourth-order valence-corrected chi connectivity index (χ4v) is 2.76. The number of nitrogens with two attached hydrogens (primary N) is 1. The highest BCUT2D eigenvalue weighted by Gasteiger charge is 2.14. The second kappa shape index (κ2) is 8.97. The molecular weight excluding hydrogens is 349 g/mol. The normalized spacial score (nSPS) is 10.4. The average Bonchev–Trinajstić information content (AvgIpc) is 2.64. The highest BCUT2D eigenvalue weighted by Crippen LogP contribution is 2.32. The highest BCUT2D eigenvalue weighted by molar-refractivity contribution is 7.60. The standard InChI is InChI=1S/C13H13N3.C6H7O3P/c14-13(15)16(11-7-3-1-4-8-11)12-9-5-2-6-10-12;7-10(8,9)6-4-2-1-3-5-6/h1-10H,(H3,14,15);1-5H,(H2,7,8,9).